The molecule has 1 unspecified atom stereocenters. The van der Waals surface area contributed by atoms with Crippen LogP contribution >= 0.6 is 15.9 Å². The standard InChI is InChI=1S/C11H18BrN3/c1-14-8-11(7-13-14)3-5-15-4-2-10(6-12)9-15/h7-8,10H,2-6,9H2,1H3. The number of halogens is 1. The van der Waals surface area contributed by atoms with Gasteiger partial charge in [-0.2, -0.15) is 5.10 Å². The van der Waals surface area contributed by atoms with Crippen molar-refractivity contribution >= 4 is 15.9 Å². The van der Waals surface area contributed by atoms with Crippen LogP contribution in [0.5, 0.6) is 0 Å². The third-order valence-electron chi connectivity index (χ3n) is 3.06. The maximum absolute atomic E-state index is 4.18. The summed E-state index contributed by atoms with van der Waals surface area (Å²) in [7, 11) is 1.97. The van der Waals surface area contributed by atoms with Crippen molar-refractivity contribution in [3.8, 4) is 0 Å². The van der Waals surface area contributed by atoms with Crippen LogP contribution in [0, 0.1) is 5.92 Å². The molecule has 1 saturated heterocycles. The van der Waals surface area contributed by atoms with E-state index in [4.69, 9.17) is 0 Å². The van der Waals surface area contributed by atoms with Gasteiger partial charge in [-0.25, -0.2) is 0 Å². The molecule has 0 radical (unpaired) electrons. The molecule has 2 heterocycles. The highest BCUT2D eigenvalue weighted by molar-refractivity contribution is 9.09. The predicted molar refractivity (Wildman–Crippen MR) is 65.3 cm³/mol. The van der Waals surface area contributed by atoms with Gasteiger partial charge in [0.25, 0.3) is 0 Å². The number of hydrogen-bond acceptors (Lipinski definition) is 2. The fourth-order valence-corrected chi connectivity index (χ4v) is 2.66. The first-order chi connectivity index (χ1) is 7.28. The lowest BCUT2D eigenvalue weighted by Crippen LogP contribution is -2.23. The number of aromatic nitrogens is 2. The molecule has 1 aliphatic rings. The van der Waals surface area contributed by atoms with E-state index in [1.54, 1.807) is 0 Å². The van der Waals surface area contributed by atoms with Crippen LogP contribution < -0.4 is 0 Å². The number of alkyl halides is 1. The summed E-state index contributed by atoms with van der Waals surface area (Å²) in [6.07, 6.45) is 6.55. The lowest BCUT2D eigenvalue weighted by Gasteiger charge is -2.14. The van der Waals surface area contributed by atoms with Gasteiger partial charge in [-0.15, -0.1) is 0 Å². The van der Waals surface area contributed by atoms with Crippen LogP contribution in [0.15, 0.2) is 12.4 Å². The molecule has 0 spiro atoms. The number of hydrogen-bond donors (Lipinski definition) is 0. The van der Waals surface area contributed by atoms with Gasteiger partial charge in [0.15, 0.2) is 0 Å². The van der Waals surface area contributed by atoms with Crippen molar-refractivity contribution in [2.75, 3.05) is 25.0 Å². The first-order valence-corrected chi connectivity index (χ1v) is 6.66. The van der Waals surface area contributed by atoms with Crippen molar-refractivity contribution in [2.24, 2.45) is 13.0 Å². The predicted octanol–water partition coefficient (Wildman–Crippen LogP) is 1.68. The van der Waals surface area contributed by atoms with Gasteiger partial charge in [0.05, 0.1) is 6.20 Å². The Morgan fingerprint density at radius 3 is 3.07 bits per heavy atom. The zero-order valence-electron chi connectivity index (χ0n) is 9.19. The van der Waals surface area contributed by atoms with Crippen molar-refractivity contribution in [1.29, 1.82) is 0 Å². The number of likely N-dealkylation sites (tertiary alicyclic amines) is 1. The fraction of sp³-hybridized carbons (Fsp3) is 0.727. The Balaban J connectivity index is 1.75. The first-order valence-electron chi connectivity index (χ1n) is 5.54. The summed E-state index contributed by atoms with van der Waals surface area (Å²) >= 11 is 3.56. The van der Waals surface area contributed by atoms with Crippen molar-refractivity contribution in [3.05, 3.63) is 18.0 Å². The van der Waals surface area contributed by atoms with Crippen LogP contribution in [0.2, 0.25) is 0 Å². The molecule has 0 bridgehead atoms. The molecule has 0 aromatic carbocycles. The van der Waals surface area contributed by atoms with Crippen LogP contribution in [0.25, 0.3) is 0 Å². The van der Waals surface area contributed by atoms with E-state index in [0.717, 1.165) is 17.7 Å². The minimum absolute atomic E-state index is 0.860. The van der Waals surface area contributed by atoms with Crippen LogP contribution in [0.3, 0.4) is 0 Å². The molecular formula is C11H18BrN3. The van der Waals surface area contributed by atoms with E-state index in [2.05, 4.69) is 32.1 Å². The summed E-state index contributed by atoms with van der Waals surface area (Å²) in [4.78, 5) is 2.55. The summed E-state index contributed by atoms with van der Waals surface area (Å²) < 4.78 is 1.88. The normalized spacial score (nSPS) is 22.4. The Hall–Kier alpha value is -0.350. The van der Waals surface area contributed by atoms with E-state index in [0.29, 0.717) is 0 Å². The molecule has 2 rings (SSSR count). The second kappa shape index (κ2) is 5.12. The zero-order chi connectivity index (χ0) is 10.7. The van der Waals surface area contributed by atoms with Crippen LogP contribution in [0.1, 0.15) is 12.0 Å². The van der Waals surface area contributed by atoms with E-state index < -0.39 is 0 Å². The molecular weight excluding hydrogens is 254 g/mol. The lowest BCUT2D eigenvalue weighted by atomic mass is 10.2. The molecule has 1 atom stereocenters. The van der Waals surface area contributed by atoms with Gasteiger partial charge < -0.3 is 4.90 Å². The minimum Gasteiger partial charge on any atom is -0.303 e. The van der Waals surface area contributed by atoms with Gasteiger partial charge in [0, 0.05) is 31.7 Å². The van der Waals surface area contributed by atoms with Gasteiger partial charge in [-0.3, -0.25) is 4.68 Å². The smallest absolute Gasteiger partial charge is 0.0522 e. The van der Waals surface area contributed by atoms with Crippen LogP contribution in [-0.4, -0.2) is 39.6 Å². The van der Waals surface area contributed by atoms with E-state index in [1.165, 1.54) is 31.6 Å². The first kappa shape index (κ1) is 11.1. The van der Waals surface area contributed by atoms with E-state index in [1.807, 2.05) is 17.9 Å². The highest BCUT2D eigenvalue weighted by Crippen LogP contribution is 2.18. The lowest BCUT2D eigenvalue weighted by molar-refractivity contribution is 0.333. The second-order valence-corrected chi connectivity index (χ2v) is 5.03. The molecule has 0 N–H and O–H groups in total. The van der Waals surface area contributed by atoms with Crippen molar-refractivity contribution in [2.45, 2.75) is 12.8 Å². The molecule has 1 fully saturated rings. The Morgan fingerprint density at radius 1 is 1.60 bits per heavy atom. The fourth-order valence-electron chi connectivity index (χ4n) is 2.13. The van der Waals surface area contributed by atoms with Gasteiger partial charge in [0.2, 0.25) is 0 Å². The SMILES string of the molecule is Cn1cc(CCN2CCC(CBr)C2)cn1. The van der Waals surface area contributed by atoms with Crippen molar-refractivity contribution in [1.82, 2.24) is 14.7 Å². The van der Waals surface area contributed by atoms with Gasteiger partial charge in [-0.05, 0) is 30.9 Å². The summed E-state index contributed by atoms with van der Waals surface area (Å²) in [5.41, 5.74) is 1.35. The van der Waals surface area contributed by atoms with Gasteiger partial charge in [0.1, 0.15) is 0 Å². The summed E-state index contributed by atoms with van der Waals surface area (Å²) in [5.74, 6) is 0.860. The average Bonchev–Trinajstić information content (AvgIpc) is 2.83. The number of rotatable bonds is 4. The molecule has 0 aliphatic carbocycles. The molecule has 1 aromatic rings. The Labute approximate surface area is 99.6 Å². The van der Waals surface area contributed by atoms with E-state index in [-0.39, 0.29) is 0 Å². The van der Waals surface area contributed by atoms with Crippen molar-refractivity contribution in [3.63, 3.8) is 0 Å². The largest absolute Gasteiger partial charge is 0.303 e. The second-order valence-electron chi connectivity index (χ2n) is 4.38. The van der Waals surface area contributed by atoms with Crippen LogP contribution in [-0.2, 0) is 13.5 Å². The maximum Gasteiger partial charge on any atom is 0.0522 e. The number of aryl methyl sites for hydroxylation is 1. The van der Waals surface area contributed by atoms with E-state index >= 15 is 0 Å². The zero-order valence-corrected chi connectivity index (χ0v) is 10.8. The molecule has 1 aromatic heterocycles. The minimum atomic E-state index is 0.860. The molecule has 3 nitrogen and oxygen atoms in total. The average molecular weight is 272 g/mol. The summed E-state index contributed by atoms with van der Waals surface area (Å²) in [6, 6.07) is 0. The van der Waals surface area contributed by atoms with Crippen molar-refractivity contribution < 1.29 is 0 Å². The third-order valence-corrected chi connectivity index (χ3v) is 3.98. The molecule has 4 heteroatoms. The van der Waals surface area contributed by atoms with E-state index in [9.17, 15) is 0 Å². The van der Waals surface area contributed by atoms with Gasteiger partial charge >= 0.3 is 0 Å². The highest BCUT2D eigenvalue weighted by Gasteiger charge is 2.20. The topological polar surface area (TPSA) is 21.1 Å². The summed E-state index contributed by atoms with van der Waals surface area (Å²) in [6.45, 7) is 3.69. The number of nitrogens with zero attached hydrogens (tertiary/aromatic N) is 3. The molecule has 1 aliphatic heterocycles. The maximum atomic E-state index is 4.18. The van der Waals surface area contributed by atoms with Crippen LogP contribution in [0.4, 0.5) is 0 Å². The molecule has 0 amide bonds. The summed E-state index contributed by atoms with van der Waals surface area (Å²) in [5, 5.41) is 5.33. The third kappa shape index (κ3) is 3.05. The Bertz CT molecular complexity index is 311. The Kier molecular flexibility index (Phi) is 3.81. The highest BCUT2D eigenvalue weighted by atomic mass is 79.9. The van der Waals surface area contributed by atoms with Gasteiger partial charge in [-0.1, -0.05) is 15.9 Å². The Morgan fingerprint density at radius 2 is 2.47 bits per heavy atom. The molecule has 84 valence electrons. The monoisotopic (exact) mass is 271 g/mol. The molecule has 15 heavy (non-hydrogen) atoms. The molecule has 0 saturated carbocycles. The quantitative estimate of drug-likeness (QED) is 0.778.